The number of halogens is 3. The number of rotatable bonds is 5. The maximum Gasteiger partial charge on any atom is 0.257 e. The molecule has 1 aromatic heterocycles. The number of anilines is 3. The minimum absolute atomic E-state index is 0.171. The van der Waals surface area contributed by atoms with E-state index in [0.717, 1.165) is 0 Å². The molecule has 0 saturated carbocycles. The van der Waals surface area contributed by atoms with Gasteiger partial charge in [0, 0.05) is 36.2 Å². The Bertz CT molecular complexity index is 1180. The molecule has 0 aliphatic carbocycles. The van der Waals surface area contributed by atoms with Crippen molar-refractivity contribution < 1.29 is 18.7 Å². The number of carbonyl (C=O) groups is 2. The molecule has 2 heterocycles. The quantitative estimate of drug-likeness (QED) is 0.500. The number of pyridine rings is 1. The number of amides is 2. The summed E-state index contributed by atoms with van der Waals surface area (Å²) in [6.45, 7) is 2.33. The minimum Gasteiger partial charge on any atom is -0.378 e. The summed E-state index contributed by atoms with van der Waals surface area (Å²) >= 11 is 12.0. The van der Waals surface area contributed by atoms with E-state index in [4.69, 9.17) is 27.9 Å². The highest BCUT2D eigenvalue weighted by molar-refractivity contribution is 6.34. The molecule has 10 heteroatoms. The molecule has 1 fully saturated rings. The Labute approximate surface area is 199 Å². The SMILES string of the molecule is O=C(Nc1ccc(Cl)c(NC(=O)c2ccc(Cl)nc2)c1)c1cc(F)cc(N2CCOCC2)c1. The number of morpholine rings is 1. The number of ether oxygens (including phenoxy) is 1. The van der Waals surface area contributed by atoms with E-state index in [9.17, 15) is 14.0 Å². The van der Waals surface area contributed by atoms with E-state index < -0.39 is 17.6 Å². The Morgan fingerprint density at radius 1 is 0.939 bits per heavy atom. The van der Waals surface area contributed by atoms with Crippen molar-refractivity contribution in [1.82, 2.24) is 4.98 Å². The fourth-order valence-electron chi connectivity index (χ4n) is 3.32. The van der Waals surface area contributed by atoms with Crippen LogP contribution >= 0.6 is 23.2 Å². The molecule has 7 nitrogen and oxygen atoms in total. The van der Waals surface area contributed by atoms with Crippen molar-refractivity contribution in [2.45, 2.75) is 0 Å². The van der Waals surface area contributed by atoms with E-state index in [1.165, 1.54) is 42.6 Å². The summed E-state index contributed by atoms with van der Waals surface area (Å²) in [5.41, 5.74) is 1.75. The van der Waals surface area contributed by atoms with E-state index in [0.29, 0.717) is 48.9 Å². The van der Waals surface area contributed by atoms with Gasteiger partial charge >= 0.3 is 0 Å². The van der Waals surface area contributed by atoms with Crippen LogP contribution in [0.15, 0.2) is 54.7 Å². The van der Waals surface area contributed by atoms with Crippen LogP contribution in [0.4, 0.5) is 21.5 Å². The van der Waals surface area contributed by atoms with Gasteiger partial charge in [0.2, 0.25) is 0 Å². The van der Waals surface area contributed by atoms with Crippen LogP contribution in [0.25, 0.3) is 0 Å². The van der Waals surface area contributed by atoms with E-state index in [1.807, 2.05) is 4.90 Å². The molecular formula is C23H19Cl2FN4O3. The van der Waals surface area contributed by atoms with Gasteiger partial charge in [0.05, 0.1) is 29.5 Å². The van der Waals surface area contributed by atoms with Crippen LogP contribution in [0.3, 0.4) is 0 Å². The highest BCUT2D eigenvalue weighted by atomic mass is 35.5. The molecule has 1 aliphatic rings. The zero-order chi connectivity index (χ0) is 23.4. The second-order valence-electron chi connectivity index (χ2n) is 7.27. The Hall–Kier alpha value is -3.20. The lowest BCUT2D eigenvalue weighted by molar-refractivity contribution is 0.101. The summed E-state index contributed by atoms with van der Waals surface area (Å²) < 4.78 is 19.5. The van der Waals surface area contributed by atoms with Gasteiger partial charge in [0.15, 0.2) is 0 Å². The third-order valence-corrected chi connectivity index (χ3v) is 5.54. The van der Waals surface area contributed by atoms with Gasteiger partial charge in [-0.15, -0.1) is 0 Å². The first-order valence-electron chi connectivity index (χ1n) is 10.1. The number of nitrogens with one attached hydrogen (secondary N) is 2. The summed E-state index contributed by atoms with van der Waals surface area (Å²) in [5, 5.41) is 5.94. The topological polar surface area (TPSA) is 83.6 Å². The molecule has 0 spiro atoms. The first-order chi connectivity index (χ1) is 15.9. The summed E-state index contributed by atoms with van der Waals surface area (Å²) in [4.78, 5) is 31.1. The fourth-order valence-corrected chi connectivity index (χ4v) is 3.59. The number of benzene rings is 2. The van der Waals surface area contributed by atoms with Crippen LogP contribution in [0.2, 0.25) is 10.2 Å². The summed E-state index contributed by atoms with van der Waals surface area (Å²) in [5.74, 6) is -1.44. The first-order valence-corrected chi connectivity index (χ1v) is 10.8. The standard InChI is InChI=1S/C23H19Cl2FN4O3/c24-19-3-2-17(12-20(19)29-22(31)14-1-4-21(25)27-13-14)28-23(32)15-9-16(26)11-18(10-15)30-5-7-33-8-6-30/h1-4,9-13H,5-8H2,(H,28,32)(H,29,31). The van der Waals surface area contributed by atoms with E-state index in [-0.39, 0.29) is 15.7 Å². The molecule has 2 aromatic carbocycles. The molecule has 1 aliphatic heterocycles. The van der Waals surface area contributed by atoms with Gasteiger partial charge in [-0.3, -0.25) is 9.59 Å². The van der Waals surface area contributed by atoms with Gasteiger partial charge in [-0.1, -0.05) is 23.2 Å². The molecule has 2 amide bonds. The van der Waals surface area contributed by atoms with Gasteiger partial charge in [-0.05, 0) is 48.5 Å². The molecule has 0 atom stereocenters. The Morgan fingerprint density at radius 3 is 2.42 bits per heavy atom. The Morgan fingerprint density at radius 2 is 1.70 bits per heavy atom. The summed E-state index contributed by atoms with van der Waals surface area (Å²) in [6.07, 6.45) is 1.34. The predicted octanol–water partition coefficient (Wildman–Crippen LogP) is 4.87. The van der Waals surface area contributed by atoms with Crippen LogP contribution in [-0.2, 0) is 4.74 Å². The van der Waals surface area contributed by atoms with Crippen molar-refractivity contribution in [3.05, 3.63) is 81.8 Å². The first kappa shape index (κ1) is 23.0. The molecule has 1 saturated heterocycles. The highest BCUT2D eigenvalue weighted by Crippen LogP contribution is 2.27. The number of carbonyl (C=O) groups excluding carboxylic acids is 2. The zero-order valence-electron chi connectivity index (χ0n) is 17.3. The fraction of sp³-hybridized carbons (Fsp3) is 0.174. The molecule has 3 aromatic rings. The normalized spacial score (nSPS) is 13.5. The number of aromatic nitrogens is 1. The second kappa shape index (κ2) is 10.2. The molecular weight excluding hydrogens is 470 g/mol. The third-order valence-electron chi connectivity index (χ3n) is 4.98. The van der Waals surface area contributed by atoms with E-state index in [1.54, 1.807) is 12.1 Å². The molecule has 0 unspecified atom stereocenters. The van der Waals surface area contributed by atoms with Crippen molar-refractivity contribution in [2.75, 3.05) is 41.8 Å². The van der Waals surface area contributed by atoms with Gasteiger partial charge in [0.1, 0.15) is 11.0 Å². The van der Waals surface area contributed by atoms with E-state index in [2.05, 4.69) is 15.6 Å². The second-order valence-corrected chi connectivity index (χ2v) is 8.06. The monoisotopic (exact) mass is 488 g/mol. The van der Waals surface area contributed by atoms with Gasteiger partial charge in [-0.2, -0.15) is 0 Å². The zero-order valence-corrected chi connectivity index (χ0v) is 18.8. The molecule has 170 valence electrons. The van der Waals surface area contributed by atoms with E-state index >= 15 is 0 Å². The van der Waals surface area contributed by atoms with Gasteiger partial charge < -0.3 is 20.3 Å². The molecule has 2 N–H and O–H groups in total. The Balaban J connectivity index is 1.50. The summed E-state index contributed by atoms with van der Waals surface area (Å²) in [6, 6.07) is 11.9. The lowest BCUT2D eigenvalue weighted by atomic mass is 10.1. The van der Waals surface area contributed by atoms with Gasteiger partial charge in [0.25, 0.3) is 11.8 Å². The predicted molar refractivity (Wildman–Crippen MR) is 126 cm³/mol. The average molecular weight is 489 g/mol. The molecule has 33 heavy (non-hydrogen) atoms. The smallest absolute Gasteiger partial charge is 0.257 e. The van der Waals surface area contributed by atoms with Crippen LogP contribution in [0, 0.1) is 5.82 Å². The number of hydrogen-bond acceptors (Lipinski definition) is 5. The number of nitrogens with zero attached hydrogens (tertiary/aromatic N) is 2. The average Bonchev–Trinajstić information content (AvgIpc) is 2.81. The third kappa shape index (κ3) is 5.78. The van der Waals surface area contributed by atoms with Crippen LogP contribution in [-0.4, -0.2) is 43.1 Å². The maximum absolute atomic E-state index is 14.2. The van der Waals surface area contributed by atoms with Gasteiger partial charge in [-0.25, -0.2) is 9.37 Å². The highest BCUT2D eigenvalue weighted by Gasteiger charge is 2.16. The summed E-state index contributed by atoms with van der Waals surface area (Å²) in [7, 11) is 0. The maximum atomic E-state index is 14.2. The number of hydrogen-bond donors (Lipinski definition) is 2. The van der Waals surface area contributed by atoms with Crippen molar-refractivity contribution in [3.63, 3.8) is 0 Å². The largest absolute Gasteiger partial charge is 0.378 e. The Kier molecular flexibility index (Phi) is 7.08. The van der Waals surface area contributed by atoms with Crippen molar-refractivity contribution in [1.29, 1.82) is 0 Å². The molecule has 0 radical (unpaired) electrons. The lowest BCUT2D eigenvalue weighted by Crippen LogP contribution is -2.36. The van der Waals surface area contributed by atoms with Crippen LogP contribution in [0.1, 0.15) is 20.7 Å². The minimum atomic E-state index is -0.509. The lowest BCUT2D eigenvalue weighted by Gasteiger charge is -2.29. The van der Waals surface area contributed by atoms with Crippen molar-refractivity contribution in [2.24, 2.45) is 0 Å². The van der Waals surface area contributed by atoms with Crippen molar-refractivity contribution >= 4 is 52.1 Å². The van der Waals surface area contributed by atoms with Crippen molar-refractivity contribution in [3.8, 4) is 0 Å². The molecule has 0 bridgehead atoms. The van der Waals surface area contributed by atoms with Crippen LogP contribution in [0.5, 0.6) is 0 Å². The molecule has 4 rings (SSSR count). The van der Waals surface area contributed by atoms with Crippen LogP contribution < -0.4 is 15.5 Å².